The number of ether oxygens (including phenoxy) is 1. The largest absolute Gasteiger partial charge is 0.478 e. The number of aliphatic imine (C=N–C) groups is 1. The summed E-state index contributed by atoms with van der Waals surface area (Å²) in [6, 6.07) is 6.84. The molecule has 0 radical (unpaired) electrons. The van der Waals surface area contributed by atoms with Gasteiger partial charge < -0.3 is 25.0 Å². The standard InChI is InChI=1S/C18H26N4O3/c1-21-7-9-22(10-8-21)18(19-13-16-6-3-11-25-16)20-15-5-2-4-14(12-15)17(23)24/h2,4-5,12,16H,3,6-11,13H2,1H3,(H,19,20)(H,23,24). The molecule has 1 unspecified atom stereocenters. The molecule has 1 aromatic rings. The van der Waals surface area contributed by atoms with Gasteiger partial charge in [-0.3, -0.25) is 4.99 Å². The number of anilines is 1. The normalized spacial score (nSPS) is 22.2. The molecule has 0 saturated carbocycles. The van der Waals surface area contributed by atoms with Crippen LogP contribution in [0.3, 0.4) is 0 Å². The Labute approximate surface area is 148 Å². The number of likely N-dealkylation sites (N-methyl/N-ethyl adjacent to an activating group) is 1. The van der Waals surface area contributed by atoms with Crippen molar-refractivity contribution in [3.05, 3.63) is 29.8 Å². The van der Waals surface area contributed by atoms with Crippen molar-refractivity contribution >= 4 is 17.6 Å². The molecule has 7 heteroatoms. The number of nitrogens with one attached hydrogen (secondary N) is 1. The third kappa shape index (κ3) is 4.93. The summed E-state index contributed by atoms with van der Waals surface area (Å²) < 4.78 is 5.67. The van der Waals surface area contributed by atoms with Crippen LogP contribution in [0.4, 0.5) is 5.69 Å². The van der Waals surface area contributed by atoms with E-state index < -0.39 is 5.97 Å². The molecule has 0 spiro atoms. The van der Waals surface area contributed by atoms with E-state index in [1.807, 2.05) is 6.07 Å². The highest BCUT2D eigenvalue weighted by atomic mass is 16.5. The summed E-state index contributed by atoms with van der Waals surface area (Å²) in [4.78, 5) is 20.5. The lowest BCUT2D eigenvalue weighted by Crippen LogP contribution is -2.49. The van der Waals surface area contributed by atoms with Gasteiger partial charge in [0.05, 0.1) is 18.2 Å². The smallest absolute Gasteiger partial charge is 0.335 e. The van der Waals surface area contributed by atoms with Crippen molar-refractivity contribution in [3.63, 3.8) is 0 Å². The summed E-state index contributed by atoms with van der Waals surface area (Å²) in [6.45, 7) is 5.20. The predicted octanol–water partition coefficient (Wildman–Crippen LogP) is 1.58. The number of carbonyl (C=O) groups is 1. The summed E-state index contributed by atoms with van der Waals surface area (Å²) in [7, 11) is 2.12. The molecule has 1 atom stereocenters. The Hall–Kier alpha value is -2.12. The number of guanidine groups is 1. The molecular weight excluding hydrogens is 320 g/mol. The first-order chi connectivity index (χ1) is 12.1. The first-order valence-electron chi connectivity index (χ1n) is 8.82. The first kappa shape index (κ1) is 17.7. The van der Waals surface area contributed by atoms with Crippen LogP contribution in [-0.2, 0) is 4.74 Å². The maximum Gasteiger partial charge on any atom is 0.335 e. The topological polar surface area (TPSA) is 77.4 Å². The summed E-state index contributed by atoms with van der Waals surface area (Å²) >= 11 is 0. The second-order valence-electron chi connectivity index (χ2n) is 6.60. The molecule has 2 heterocycles. The van der Waals surface area contributed by atoms with Gasteiger partial charge in [-0.25, -0.2) is 4.79 Å². The fraction of sp³-hybridized carbons (Fsp3) is 0.556. The SMILES string of the molecule is CN1CCN(C(=NCC2CCCO2)Nc2cccc(C(=O)O)c2)CC1. The molecule has 25 heavy (non-hydrogen) atoms. The molecule has 1 aromatic carbocycles. The van der Waals surface area contributed by atoms with Crippen molar-refractivity contribution < 1.29 is 14.6 Å². The molecule has 0 bridgehead atoms. The number of piperazine rings is 1. The maximum atomic E-state index is 11.2. The number of aromatic carboxylic acids is 1. The molecule has 2 N–H and O–H groups in total. The molecule has 3 rings (SSSR count). The molecule has 2 aliphatic rings. The Morgan fingerprint density at radius 2 is 2.16 bits per heavy atom. The van der Waals surface area contributed by atoms with E-state index in [-0.39, 0.29) is 11.7 Å². The first-order valence-corrected chi connectivity index (χ1v) is 8.82. The van der Waals surface area contributed by atoms with Crippen LogP contribution in [0.15, 0.2) is 29.3 Å². The second kappa shape index (κ2) is 8.31. The van der Waals surface area contributed by atoms with Gasteiger partial charge in [0.25, 0.3) is 0 Å². The van der Waals surface area contributed by atoms with Gasteiger partial charge in [0.2, 0.25) is 0 Å². The maximum absolute atomic E-state index is 11.2. The highest BCUT2D eigenvalue weighted by Crippen LogP contribution is 2.15. The average Bonchev–Trinajstić information content (AvgIpc) is 3.13. The van der Waals surface area contributed by atoms with E-state index in [1.165, 1.54) is 0 Å². The summed E-state index contributed by atoms with van der Waals surface area (Å²) in [5.41, 5.74) is 1.01. The molecule has 2 fully saturated rings. The quantitative estimate of drug-likeness (QED) is 0.637. The van der Waals surface area contributed by atoms with Crippen molar-refractivity contribution in [3.8, 4) is 0 Å². The molecule has 2 saturated heterocycles. The predicted molar refractivity (Wildman–Crippen MR) is 97.4 cm³/mol. The fourth-order valence-corrected chi connectivity index (χ4v) is 3.07. The minimum atomic E-state index is -0.930. The van der Waals surface area contributed by atoms with Gasteiger partial charge in [0.15, 0.2) is 5.96 Å². The molecule has 136 valence electrons. The van der Waals surface area contributed by atoms with E-state index in [4.69, 9.17) is 9.73 Å². The van der Waals surface area contributed by atoms with E-state index in [9.17, 15) is 9.90 Å². The summed E-state index contributed by atoms with van der Waals surface area (Å²) in [6.07, 6.45) is 2.33. The van der Waals surface area contributed by atoms with Crippen LogP contribution < -0.4 is 5.32 Å². The number of hydrogen-bond acceptors (Lipinski definition) is 4. The molecule has 0 aromatic heterocycles. The van der Waals surface area contributed by atoms with Gasteiger partial charge in [-0.2, -0.15) is 0 Å². The van der Waals surface area contributed by atoms with Crippen molar-refractivity contribution in [2.45, 2.75) is 18.9 Å². The Morgan fingerprint density at radius 1 is 1.36 bits per heavy atom. The van der Waals surface area contributed by atoms with Crippen LogP contribution in [0, 0.1) is 0 Å². The van der Waals surface area contributed by atoms with Gasteiger partial charge in [0, 0.05) is 38.5 Å². The lowest BCUT2D eigenvalue weighted by Gasteiger charge is -2.35. The number of hydrogen-bond donors (Lipinski definition) is 2. The Balaban J connectivity index is 1.74. The van der Waals surface area contributed by atoms with Crippen molar-refractivity contribution in [2.75, 3.05) is 51.7 Å². The molecule has 0 amide bonds. The van der Waals surface area contributed by atoms with Crippen molar-refractivity contribution in [1.82, 2.24) is 9.80 Å². The van der Waals surface area contributed by atoms with Gasteiger partial charge >= 0.3 is 5.97 Å². The van der Waals surface area contributed by atoms with Crippen LogP contribution in [0.2, 0.25) is 0 Å². The monoisotopic (exact) mass is 346 g/mol. The number of benzene rings is 1. The third-order valence-corrected chi connectivity index (χ3v) is 4.64. The van der Waals surface area contributed by atoms with E-state index in [1.54, 1.807) is 18.2 Å². The van der Waals surface area contributed by atoms with E-state index in [0.29, 0.717) is 6.54 Å². The minimum Gasteiger partial charge on any atom is -0.478 e. The van der Waals surface area contributed by atoms with Crippen LogP contribution in [0.1, 0.15) is 23.2 Å². The van der Waals surface area contributed by atoms with Gasteiger partial charge in [0.1, 0.15) is 0 Å². The fourth-order valence-electron chi connectivity index (χ4n) is 3.07. The van der Waals surface area contributed by atoms with Gasteiger partial charge in [-0.15, -0.1) is 0 Å². The van der Waals surface area contributed by atoms with Gasteiger partial charge in [-0.05, 0) is 38.1 Å². The summed E-state index contributed by atoms with van der Waals surface area (Å²) in [5, 5.41) is 12.5. The highest BCUT2D eigenvalue weighted by Gasteiger charge is 2.20. The Morgan fingerprint density at radius 3 is 2.84 bits per heavy atom. The zero-order valence-corrected chi connectivity index (χ0v) is 14.6. The number of rotatable bonds is 4. The zero-order valence-electron chi connectivity index (χ0n) is 14.6. The highest BCUT2D eigenvalue weighted by molar-refractivity contribution is 5.95. The number of nitrogens with zero attached hydrogens (tertiary/aromatic N) is 3. The lowest BCUT2D eigenvalue weighted by molar-refractivity contribution is 0.0697. The molecule has 7 nitrogen and oxygen atoms in total. The molecule has 0 aliphatic carbocycles. The zero-order chi connectivity index (χ0) is 17.6. The van der Waals surface area contributed by atoms with Crippen LogP contribution >= 0.6 is 0 Å². The Bertz CT molecular complexity index is 621. The minimum absolute atomic E-state index is 0.189. The van der Waals surface area contributed by atoms with Crippen LogP contribution in [0.25, 0.3) is 0 Å². The van der Waals surface area contributed by atoms with Gasteiger partial charge in [-0.1, -0.05) is 6.07 Å². The van der Waals surface area contributed by atoms with E-state index >= 15 is 0 Å². The second-order valence-corrected chi connectivity index (χ2v) is 6.60. The van der Waals surface area contributed by atoms with E-state index in [2.05, 4.69) is 22.2 Å². The number of carboxylic acid groups (broad SMARTS) is 1. The van der Waals surface area contributed by atoms with Crippen molar-refractivity contribution in [2.24, 2.45) is 4.99 Å². The number of carboxylic acids is 1. The molecule has 2 aliphatic heterocycles. The van der Waals surface area contributed by atoms with Crippen LogP contribution in [0.5, 0.6) is 0 Å². The Kier molecular flexibility index (Phi) is 5.88. The molecular formula is C18H26N4O3. The summed E-state index contributed by atoms with van der Waals surface area (Å²) in [5.74, 6) is -0.132. The lowest BCUT2D eigenvalue weighted by atomic mass is 10.2. The van der Waals surface area contributed by atoms with Crippen LogP contribution in [-0.4, -0.2) is 79.3 Å². The van der Waals surface area contributed by atoms with E-state index in [0.717, 1.165) is 57.3 Å². The third-order valence-electron chi connectivity index (χ3n) is 4.64. The van der Waals surface area contributed by atoms with Crippen molar-refractivity contribution in [1.29, 1.82) is 0 Å². The average molecular weight is 346 g/mol.